The Hall–Kier alpha value is -0.580. The molecule has 1 aromatic carbocycles. The van der Waals surface area contributed by atoms with E-state index in [0.29, 0.717) is 0 Å². The van der Waals surface area contributed by atoms with Gasteiger partial charge in [0.25, 0.3) is 0 Å². The summed E-state index contributed by atoms with van der Waals surface area (Å²) in [7, 11) is 0. The summed E-state index contributed by atoms with van der Waals surface area (Å²) in [4.78, 5) is 2.29. The van der Waals surface area contributed by atoms with E-state index in [4.69, 9.17) is 4.74 Å². The number of benzene rings is 1. The van der Waals surface area contributed by atoms with Crippen molar-refractivity contribution in [1.29, 1.82) is 0 Å². The van der Waals surface area contributed by atoms with Crippen molar-refractivity contribution in [2.45, 2.75) is 19.4 Å². The minimum atomic E-state index is -0.452. The van der Waals surface area contributed by atoms with Crippen molar-refractivity contribution in [2.75, 3.05) is 31.2 Å². The fraction of sp³-hybridized carbons (Fsp3) is 0.538. The molecule has 17 heavy (non-hydrogen) atoms. The van der Waals surface area contributed by atoms with Gasteiger partial charge in [0, 0.05) is 35.4 Å². The van der Waals surface area contributed by atoms with Crippen LogP contribution in [0.25, 0.3) is 0 Å². The van der Waals surface area contributed by atoms with Gasteiger partial charge in [0.2, 0.25) is 0 Å². The van der Waals surface area contributed by atoms with Gasteiger partial charge in [-0.05, 0) is 31.5 Å². The molecule has 94 valence electrons. The van der Waals surface area contributed by atoms with Gasteiger partial charge in [0.05, 0.1) is 12.7 Å². The highest BCUT2D eigenvalue weighted by atomic mass is 79.9. The molecule has 1 unspecified atom stereocenters. The zero-order valence-electron chi connectivity index (χ0n) is 10.0. The third-order valence-corrected chi connectivity index (χ3v) is 3.50. The SMILES string of the molecule is CC(O)c1cc(Br)ccc1N1CCCOCC1. The van der Waals surface area contributed by atoms with Crippen molar-refractivity contribution in [3.05, 3.63) is 28.2 Å². The summed E-state index contributed by atoms with van der Waals surface area (Å²) in [5.74, 6) is 0. The molecule has 1 saturated heterocycles. The van der Waals surface area contributed by atoms with Crippen LogP contribution in [-0.2, 0) is 4.74 Å². The van der Waals surface area contributed by atoms with Crippen molar-refractivity contribution in [2.24, 2.45) is 0 Å². The van der Waals surface area contributed by atoms with E-state index >= 15 is 0 Å². The smallest absolute Gasteiger partial charge is 0.0782 e. The van der Waals surface area contributed by atoms with E-state index in [9.17, 15) is 5.11 Å². The van der Waals surface area contributed by atoms with Crippen molar-refractivity contribution in [3.8, 4) is 0 Å². The van der Waals surface area contributed by atoms with Crippen LogP contribution in [0.2, 0.25) is 0 Å². The molecule has 0 amide bonds. The van der Waals surface area contributed by atoms with Crippen molar-refractivity contribution >= 4 is 21.6 Å². The van der Waals surface area contributed by atoms with Gasteiger partial charge in [-0.1, -0.05) is 15.9 Å². The number of hydrogen-bond acceptors (Lipinski definition) is 3. The molecular weight excluding hydrogens is 282 g/mol. The van der Waals surface area contributed by atoms with Gasteiger partial charge in [-0.3, -0.25) is 0 Å². The van der Waals surface area contributed by atoms with E-state index in [0.717, 1.165) is 48.4 Å². The molecule has 1 fully saturated rings. The Labute approximate surface area is 111 Å². The number of aliphatic hydroxyl groups excluding tert-OH is 1. The molecule has 0 aliphatic carbocycles. The molecule has 0 bridgehead atoms. The molecule has 1 atom stereocenters. The molecule has 1 aliphatic heterocycles. The fourth-order valence-corrected chi connectivity index (χ4v) is 2.51. The fourth-order valence-electron chi connectivity index (χ4n) is 2.13. The maximum atomic E-state index is 9.85. The molecule has 4 heteroatoms. The summed E-state index contributed by atoms with van der Waals surface area (Å²) in [6.45, 7) is 5.27. The number of hydrogen-bond donors (Lipinski definition) is 1. The quantitative estimate of drug-likeness (QED) is 0.911. The van der Waals surface area contributed by atoms with E-state index in [-0.39, 0.29) is 0 Å². The molecule has 2 rings (SSSR count). The maximum absolute atomic E-state index is 9.85. The van der Waals surface area contributed by atoms with Crippen LogP contribution < -0.4 is 4.90 Å². The second-order valence-electron chi connectivity index (χ2n) is 4.33. The van der Waals surface area contributed by atoms with Crippen LogP contribution in [0, 0.1) is 0 Å². The third-order valence-electron chi connectivity index (χ3n) is 3.00. The second-order valence-corrected chi connectivity index (χ2v) is 5.25. The van der Waals surface area contributed by atoms with Crippen LogP contribution in [0.4, 0.5) is 5.69 Å². The van der Waals surface area contributed by atoms with Crippen LogP contribution in [-0.4, -0.2) is 31.4 Å². The van der Waals surface area contributed by atoms with E-state index < -0.39 is 6.10 Å². The number of halogens is 1. The first kappa shape index (κ1) is 12.9. The lowest BCUT2D eigenvalue weighted by atomic mass is 10.1. The Bertz CT molecular complexity index is 374. The number of anilines is 1. The topological polar surface area (TPSA) is 32.7 Å². The maximum Gasteiger partial charge on any atom is 0.0782 e. The predicted molar refractivity (Wildman–Crippen MR) is 72.4 cm³/mol. The average Bonchev–Trinajstić information content (AvgIpc) is 2.57. The third kappa shape index (κ3) is 3.21. The summed E-state index contributed by atoms with van der Waals surface area (Å²) in [6, 6.07) is 6.08. The van der Waals surface area contributed by atoms with Gasteiger partial charge in [-0.2, -0.15) is 0 Å². The van der Waals surface area contributed by atoms with Gasteiger partial charge < -0.3 is 14.7 Å². The molecule has 0 spiro atoms. The summed E-state index contributed by atoms with van der Waals surface area (Å²) in [5, 5.41) is 9.85. The lowest BCUT2D eigenvalue weighted by Crippen LogP contribution is -2.27. The van der Waals surface area contributed by atoms with Gasteiger partial charge in [-0.15, -0.1) is 0 Å². The van der Waals surface area contributed by atoms with Crippen LogP contribution >= 0.6 is 15.9 Å². The molecule has 0 radical (unpaired) electrons. The van der Waals surface area contributed by atoms with Crippen LogP contribution in [0.3, 0.4) is 0 Å². The highest BCUT2D eigenvalue weighted by Crippen LogP contribution is 2.30. The Kier molecular flexibility index (Phi) is 4.42. The Morgan fingerprint density at radius 2 is 2.18 bits per heavy atom. The monoisotopic (exact) mass is 299 g/mol. The van der Waals surface area contributed by atoms with Crippen molar-refractivity contribution in [1.82, 2.24) is 0 Å². The zero-order chi connectivity index (χ0) is 12.3. The summed E-state index contributed by atoms with van der Waals surface area (Å²) in [6.07, 6.45) is 0.585. The normalized spacial score (nSPS) is 18.9. The first-order chi connectivity index (χ1) is 8.18. The zero-order valence-corrected chi connectivity index (χ0v) is 11.6. The summed E-state index contributed by atoms with van der Waals surface area (Å²) in [5.41, 5.74) is 2.09. The number of rotatable bonds is 2. The predicted octanol–water partition coefficient (Wildman–Crippen LogP) is 2.73. The van der Waals surface area contributed by atoms with E-state index in [1.165, 1.54) is 0 Å². The number of ether oxygens (including phenoxy) is 1. The summed E-state index contributed by atoms with van der Waals surface area (Å²) >= 11 is 3.45. The minimum absolute atomic E-state index is 0.452. The van der Waals surface area contributed by atoms with Crippen molar-refractivity contribution in [3.63, 3.8) is 0 Å². The molecule has 1 N–H and O–H groups in total. The molecule has 1 aromatic rings. The average molecular weight is 300 g/mol. The number of nitrogens with zero attached hydrogens (tertiary/aromatic N) is 1. The molecular formula is C13H18BrNO2. The van der Waals surface area contributed by atoms with Gasteiger partial charge in [0.15, 0.2) is 0 Å². The largest absolute Gasteiger partial charge is 0.389 e. The first-order valence-electron chi connectivity index (χ1n) is 5.98. The molecule has 1 heterocycles. The molecule has 3 nitrogen and oxygen atoms in total. The van der Waals surface area contributed by atoms with Gasteiger partial charge in [-0.25, -0.2) is 0 Å². The Balaban J connectivity index is 2.29. The Morgan fingerprint density at radius 1 is 1.35 bits per heavy atom. The van der Waals surface area contributed by atoms with Gasteiger partial charge in [0.1, 0.15) is 0 Å². The highest BCUT2D eigenvalue weighted by Gasteiger charge is 2.16. The minimum Gasteiger partial charge on any atom is -0.389 e. The van der Waals surface area contributed by atoms with Crippen molar-refractivity contribution < 1.29 is 9.84 Å². The molecule has 0 saturated carbocycles. The standard InChI is InChI=1S/C13H18BrNO2/c1-10(16)12-9-11(14)3-4-13(12)15-5-2-7-17-8-6-15/h3-4,9-10,16H,2,5-8H2,1H3. The van der Waals surface area contributed by atoms with Crippen LogP contribution in [0.5, 0.6) is 0 Å². The van der Waals surface area contributed by atoms with Gasteiger partial charge >= 0.3 is 0 Å². The molecule has 0 aromatic heterocycles. The number of aliphatic hydroxyl groups is 1. The van der Waals surface area contributed by atoms with E-state index in [1.807, 2.05) is 12.1 Å². The highest BCUT2D eigenvalue weighted by molar-refractivity contribution is 9.10. The van der Waals surface area contributed by atoms with Crippen LogP contribution in [0.1, 0.15) is 25.0 Å². The van der Waals surface area contributed by atoms with E-state index in [1.54, 1.807) is 6.92 Å². The summed E-state index contributed by atoms with van der Waals surface area (Å²) < 4.78 is 6.46. The lowest BCUT2D eigenvalue weighted by Gasteiger charge is -2.26. The lowest BCUT2D eigenvalue weighted by molar-refractivity contribution is 0.152. The van der Waals surface area contributed by atoms with Crippen LogP contribution in [0.15, 0.2) is 22.7 Å². The first-order valence-corrected chi connectivity index (χ1v) is 6.78. The second kappa shape index (κ2) is 5.85. The van der Waals surface area contributed by atoms with E-state index in [2.05, 4.69) is 26.9 Å². The molecule has 1 aliphatic rings. The Morgan fingerprint density at radius 3 is 2.94 bits per heavy atom.